The first-order chi connectivity index (χ1) is 7.56. The van der Waals surface area contributed by atoms with E-state index in [1.54, 1.807) is 0 Å². The zero-order chi connectivity index (χ0) is 11.9. The lowest BCUT2D eigenvalue weighted by Crippen LogP contribution is -2.06. The van der Waals surface area contributed by atoms with Crippen LogP contribution in [0.2, 0.25) is 10.0 Å². The normalized spacial score (nSPS) is 10.6. The fourth-order valence-corrected chi connectivity index (χ4v) is 1.77. The minimum atomic E-state index is -0.954. The molecule has 0 fully saturated rings. The minimum Gasteiger partial charge on any atom is -0.506 e. The van der Waals surface area contributed by atoms with Crippen LogP contribution in [0.25, 0.3) is 11.0 Å². The van der Waals surface area contributed by atoms with Crippen molar-refractivity contribution < 1.29 is 14.3 Å². The first-order valence-electron chi connectivity index (χ1n) is 4.15. The average molecular weight is 259 g/mol. The van der Waals surface area contributed by atoms with Gasteiger partial charge in [-0.15, -0.1) is 0 Å². The van der Waals surface area contributed by atoms with Gasteiger partial charge in [0.15, 0.2) is 11.9 Å². The van der Waals surface area contributed by atoms with Crippen molar-refractivity contribution in [2.75, 3.05) is 0 Å². The van der Waals surface area contributed by atoms with Crippen molar-refractivity contribution in [3.8, 4) is 5.75 Å². The number of benzene rings is 1. The van der Waals surface area contributed by atoms with Crippen LogP contribution in [0, 0.1) is 0 Å². The summed E-state index contributed by atoms with van der Waals surface area (Å²) in [5.41, 5.74) is -1.47. The van der Waals surface area contributed by atoms with Crippen molar-refractivity contribution in [2.24, 2.45) is 0 Å². The Bertz CT molecular complexity index is 645. The Labute approximate surface area is 99.0 Å². The van der Waals surface area contributed by atoms with Crippen molar-refractivity contribution in [1.29, 1.82) is 0 Å². The molecule has 0 amide bonds. The molecular formula is C10H4Cl2O4. The van der Waals surface area contributed by atoms with E-state index < -0.39 is 16.9 Å². The van der Waals surface area contributed by atoms with E-state index in [-0.39, 0.29) is 27.3 Å². The largest absolute Gasteiger partial charge is 0.506 e. The third kappa shape index (κ3) is 1.47. The summed E-state index contributed by atoms with van der Waals surface area (Å²) in [6, 6.07) is 2.86. The van der Waals surface area contributed by atoms with Crippen LogP contribution in [0.3, 0.4) is 0 Å². The predicted molar refractivity (Wildman–Crippen MR) is 59.6 cm³/mol. The molecular weight excluding hydrogens is 255 g/mol. The van der Waals surface area contributed by atoms with Crippen molar-refractivity contribution >= 4 is 40.5 Å². The highest BCUT2D eigenvalue weighted by Gasteiger charge is 2.17. The molecule has 0 bridgehead atoms. The average Bonchev–Trinajstić information content (AvgIpc) is 2.24. The van der Waals surface area contributed by atoms with Gasteiger partial charge in [0.05, 0.1) is 15.4 Å². The van der Waals surface area contributed by atoms with E-state index in [2.05, 4.69) is 0 Å². The number of rotatable bonds is 1. The van der Waals surface area contributed by atoms with Crippen LogP contribution >= 0.6 is 23.2 Å². The molecule has 16 heavy (non-hydrogen) atoms. The van der Waals surface area contributed by atoms with Crippen LogP contribution in [0.15, 0.2) is 21.3 Å². The zero-order valence-corrected chi connectivity index (χ0v) is 9.17. The van der Waals surface area contributed by atoms with Crippen molar-refractivity contribution in [3.05, 3.63) is 38.2 Å². The summed E-state index contributed by atoms with van der Waals surface area (Å²) in [5.74, 6) is -0.520. The fourth-order valence-electron chi connectivity index (χ4n) is 1.34. The quantitative estimate of drug-likeness (QED) is 0.631. The maximum absolute atomic E-state index is 11.3. The monoisotopic (exact) mass is 258 g/mol. The Morgan fingerprint density at radius 3 is 2.50 bits per heavy atom. The van der Waals surface area contributed by atoms with Gasteiger partial charge in [-0.05, 0) is 12.1 Å². The lowest BCUT2D eigenvalue weighted by atomic mass is 10.1. The van der Waals surface area contributed by atoms with Gasteiger partial charge in [-0.2, -0.15) is 0 Å². The van der Waals surface area contributed by atoms with Crippen LogP contribution in [0.5, 0.6) is 5.75 Å². The summed E-state index contributed by atoms with van der Waals surface area (Å²) in [6.07, 6.45) is 0.206. The molecule has 4 nitrogen and oxygen atoms in total. The van der Waals surface area contributed by atoms with Crippen LogP contribution in [0.4, 0.5) is 0 Å². The molecule has 0 atom stereocenters. The summed E-state index contributed by atoms with van der Waals surface area (Å²) < 4.78 is 4.81. The minimum absolute atomic E-state index is 0.0396. The SMILES string of the molecule is O=Cc1c(O)c2c(Cl)ccc(Cl)c2oc1=O. The third-order valence-corrected chi connectivity index (χ3v) is 2.70. The number of fused-ring (bicyclic) bond motifs is 1. The van der Waals surface area contributed by atoms with E-state index in [1.807, 2.05) is 0 Å². The fraction of sp³-hybridized carbons (Fsp3) is 0. The van der Waals surface area contributed by atoms with Gasteiger partial charge in [0.1, 0.15) is 11.3 Å². The first kappa shape index (κ1) is 11.0. The summed E-state index contributed by atoms with van der Waals surface area (Å²) in [4.78, 5) is 21.9. The Hall–Kier alpha value is -1.52. The molecule has 2 rings (SSSR count). The Morgan fingerprint density at radius 1 is 1.25 bits per heavy atom. The predicted octanol–water partition coefficient (Wildman–Crippen LogP) is 2.62. The van der Waals surface area contributed by atoms with Crippen LogP contribution in [-0.2, 0) is 0 Å². The number of aromatic hydroxyl groups is 1. The van der Waals surface area contributed by atoms with E-state index in [9.17, 15) is 14.7 Å². The molecule has 0 radical (unpaired) electrons. The second-order valence-corrected chi connectivity index (χ2v) is 3.82. The molecule has 0 spiro atoms. The van der Waals surface area contributed by atoms with Crippen LogP contribution in [-0.4, -0.2) is 11.4 Å². The smallest absolute Gasteiger partial charge is 0.350 e. The van der Waals surface area contributed by atoms with Gasteiger partial charge in [-0.1, -0.05) is 23.2 Å². The standard InChI is InChI=1S/C10H4Cl2O4/c11-5-1-2-6(12)9-7(5)8(14)4(3-13)10(15)16-9/h1-3,14H. The van der Waals surface area contributed by atoms with Gasteiger partial charge in [0, 0.05) is 0 Å². The Morgan fingerprint density at radius 2 is 1.88 bits per heavy atom. The molecule has 0 aliphatic carbocycles. The van der Waals surface area contributed by atoms with Gasteiger partial charge in [0.25, 0.3) is 0 Å². The number of halogens is 2. The number of carbonyl (C=O) groups excluding carboxylic acids is 1. The molecule has 0 saturated heterocycles. The van der Waals surface area contributed by atoms with E-state index >= 15 is 0 Å². The molecule has 82 valence electrons. The maximum Gasteiger partial charge on any atom is 0.350 e. The number of hydrogen-bond acceptors (Lipinski definition) is 4. The van der Waals surface area contributed by atoms with E-state index in [0.29, 0.717) is 0 Å². The molecule has 1 aromatic heterocycles. The second-order valence-electron chi connectivity index (χ2n) is 3.00. The van der Waals surface area contributed by atoms with Gasteiger partial charge < -0.3 is 9.52 Å². The molecule has 0 saturated carbocycles. The van der Waals surface area contributed by atoms with Gasteiger partial charge in [0.2, 0.25) is 0 Å². The maximum atomic E-state index is 11.3. The first-order valence-corrected chi connectivity index (χ1v) is 4.90. The zero-order valence-electron chi connectivity index (χ0n) is 7.66. The third-order valence-electron chi connectivity index (χ3n) is 2.08. The molecule has 2 aromatic rings. The van der Waals surface area contributed by atoms with Gasteiger partial charge >= 0.3 is 5.63 Å². The molecule has 0 unspecified atom stereocenters. The van der Waals surface area contributed by atoms with Crippen LogP contribution in [0.1, 0.15) is 10.4 Å². The summed E-state index contributed by atoms with van der Waals surface area (Å²) in [6.45, 7) is 0. The number of hydrogen-bond donors (Lipinski definition) is 1. The summed E-state index contributed by atoms with van der Waals surface area (Å²) >= 11 is 11.6. The van der Waals surface area contributed by atoms with Crippen molar-refractivity contribution in [1.82, 2.24) is 0 Å². The molecule has 1 aromatic carbocycles. The molecule has 1 N–H and O–H groups in total. The number of aldehydes is 1. The summed E-state index contributed by atoms with van der Waals surface area (Å²) in [7, 11) is 0. The second kappa shape index (κ2) is 3.81. The van der Waals surface area contributed by atoms with Crippen LogP contribution < -0.4 is 5.63 Å². The molecule has 1 heterocycles. The highest BCUT2D eigenvalue weighted by molar-refractivity contribution is 6.40. The lowest BCUT2D eigenvalue weighted by Gasteiger charge is -2.04. The number of carbonyl (C=O) groups is 1. The van der Waals surface area contributed by atoms with Gasteiger partial charge in [-0.25, -0.2) is 4.79 Å². The highest BCUT2D eigenvalue weighted by atomic mass is 35.5. The molecule has 6 heteroatoms. The molecule has 0 aliphatic heterocycles. The Balaban J connectivity index is 3.10. The van der Waals surface area contributed by atoms with Crippen molar-refractivity contribution in [2.45, 2.75) is 0 Å². The topological polar surface area (TPSA) is 67.5 Å². The van der Waals surface area contributed by atoms with E-state index in [1.165, 1.54) is 12.1 Å². The lowest BCUT2D eigenvalue weighted by molar-refractivity contribution is 0.111. The van der Waals surface area contributed by atoms with E-state index in [0.717, 1.165) is 0 Å². The Kier molecular flexibility index (Phi) is 2.61. The molecule has 0 aliphatic rings. The van der Waals surface area contributed by atoms with Crippen molar-refractivity contribution in [3.63, 3.8) is 0 Å². The summed E-state index contributed by atoms with van der Waals surface area (Å²) in [5, 5.41) is 10.0. The van der Waals surface area contributed by atoms with Gasteiger partial charge in [-0.3, -0.25) is 4.79 Å². The van der Waals surface area contributed by atoms with E-state index in [4.69, 9.17) is 27.6 Å². The highest BCUT2D eigenvalue weighted by Crippen LogP contribution is 2.35.